The third-order valence-electron chi connectivity index (χ3n) is 7.42. The molecule has 2 aliphatic rings. The molecular formula is C31H28N4O4. The van der Waals surface area contributed by atoms with E-state index in [-0.39, 0.29) is 18.6 Å². The number of carbonyl (C=O) groups is 2. The number of aromatic nitrogens is 2. The first-order chi connectivity index (χ1) is 18.9. The van der Waals surface area contributed by atoms with Gasteiger partial charge in [-0.1, -0.05) is 36.4 Å². The van der Waals surface area contributed by atoms with Gasteiger partial charge in [0.2, 0.25) is 12.7 Å². The molecule has 6 rings (SSSR count). The van der Waals surface area contributed by atoms with E-state index in [1.54, 1.807) is 18.1 Å². The van der Waals surface area contributed by atoms with Gasteiger partial charge in [0.05, 0.1) is 11.6 Å². The molecule has 0 bridgehead atoms. The van der Waals surface area contributed by atoms with Crippen LogP contribution in [0.5, 0.6) is 11.5 Å². The van der Waals surface area contributed by atoms with Crippen LogP contribution < -0.4 is 14.8 Å². The Morgan fingerprint density at radius 1 is 0.974 bits per heavy atom. The molecule has 1 saturated carbocycles. The van der Waals surface area contributed by atoms with Crippen molar-refractivity contribution in [3.63, 3.8) is 0 Å². The lowest BCUT2D eigenvalue weighted by atomic mass is 9.94. The van der Waals surface area contributed by atoms with Crippen LogP contribution in [0.15, 0.2) is 79.3 Å². The maximum absolute atomic E-state index is 13.4. The molecule has 1 aliphatic heterocycles. The monoisotopic (exact) mass is 520 g/mol. The Hall–Kier alpha value is -4.72. The quantitative estimate of drug-likeness (QED) is 0.363. The predicted molar refractivity (Wildman–Crippen MR) is 147 cm³/mol. The van der Waals surface area contributed by atoms with Crippen molar-refractivity contribution in [2.75, 3.05) is 19.2 Å². The van der Waals surface area contributed by atoms with Gasteiger partial charge < -0.3 is 19.7 Å². The number of ether oxygens (including phenoxy) is 2. The number of aryl methyl sites for hydroxylation is 1. The number of benzene rings is 3. The third kappa shape index (κ3) is 4.81. The van der Waals surface area contributed by atoms with E-state index in [1.165, 1.54) is 12.4 Å². The second-order valence-corrected chi connectivity index (χ2v) is 10.1. The van der Waals surface area contributed by atoms with Crippen molar-refractivity contribution < 1.29 is 19.1 Å². The Morgan fingerprint density at radius 3 is 2.51 bits per heavy atom. The van der Waals surface area contributed by atoms with Crippen molar-refractivity contribution in [1.82, 2.24) is 14.9 Å². The number of nitrogens with one attached hydrogen (secondary N) is 1. The second kappa shape index (κ2) is 9.87. The molecule has 1 N–H and O–H groups in total. The molecule has 2 heterocycles. The highest BCUT2D eigenvalue weighted by Gasteiger charge is 2.51. The number of amides is 2. The standard InChI is InChI=1S/C31H28N4O4/c1-20-3-9-24(34-30(37)31(11-12-31)23-8-10-27-28(15-23)39-19-38-27)16-25(20)22-6-4-21(5-7-22)18-35(2)29(36)26-17-32-13-14-33-26/h3-10,13-17H,11-12,18-19H2,1-2H3,(H,34,37). The van der Waals surface area contributed by atoms with Gasteiger partial charge in [-0.25, -0.2) is 4.98 Å². The van der Waals surface area contributed by atoms with Crippen LogP contribution >= 0.6 is 0 Å². The number of hydrogen-bond acceptors (Lipinski definition) is 6. The van der Waals surface area contributed by atoms with Crippen LogP contribution in [0.1, 0.15) is 40.0 Å². The average Bonchev–Trinajstić information content (AvgIpc) is 3.65. The summed E-state index contributed by atoms with van der Waals surface area (Å²) < 4.78 is 10.9. The zero-order valence-electron chi connectivity index (χ0n) is 21.8. The first-order valence-corrected chi connectivity index (χ1v) is 12.9. The van der Waals surface area contributed by atoms with E-state index in [0.29, 0.717) is 23.7 Å². The summed E-state index contributed by atoms with van der Waals surface area (Å²) in [5, 5.41) is 3.15. The lowest BCUT2D eigenvalue weighted by molar-refractivity contribution is -0.118. The van der Waals surface area contributed by atoms with Crippen molar-refractivity contribution in [2.24, 2.45) is 0 Å². The van der Waals surface area contributed by atoms with Gasteiger partial charge in [-0.15, -0.1) is 0 Å². The summed E-state index contributed by atoms with van der Waals surface area (Å²) in [5.74, 6) is 1.22. The SMILES string of the molecule is Cc1ccc(NC(=O)C2(c3ccc4c(c3)OCO4)CC2)cc1-c1ccc(CN(C)C(=O)c2cnccn2)cc1. The van der Waals surface area contributed by atoms with E-state index in [9.17, 15) is 9.59 Å². The van der Waals surface area contributed by atoms with E-state index >= 15 is 0 Å². The van der Waals surface area contributed by atoms with Crippen molar-refractivity contribution in [1.29, 1.82) is 0 Å². The minimum Gasteiger partial charge on any atom is -0.454 e. The Kier molecular flexibility index (Phi) is 6.23. The summed E-state index contributed by atoms with van der Waals surface area (Å²) in [6, 6.07) is 19.8. The van der Waals surface area contributed by atoms with Crippen molar-refractivity contribution in [3.05, 3.63) is 102 Å². The van der Waals surface area contributed by atoms with Crippen molar-refractivity contribution in [2.45, 2.75) is 31.7 Å². The lowest BCUT2D eigenvalue weighted by Gasteiger charge is -2.18. The number of anilines is 1. The molecule has 2 amide bonds. The normalized spacial score (nSPS) is 14.5. The fourth-order valence-corrected chi connectivity index (χ4v) is 4.97. The van der Waals surface area contributed by atoms with Gasteiger partial charge in [-0.05, 0) is 71.8 Å². The molecule has 4 aromatic rings. The first-order valence-electron chi connectivity index (χ1n) is 12.9. The van der Waals surface area contributed by atoms with Gasteiger partial charge in [0.1, 0.15) is 5.69 Å². The fourth-order valence-electron chi connectivity index (χ4n) is 4.97. The molecule has 1 aliphatic carbocycles. The largest absolute Gasteiger partial charge is 0.454 e. The molecule has 8 heteroatoms. The van der Waals surface area contributed by atoms with E-state index in [1.807, 2.05) is 60.7 Å². The number of hydrogen-bond donors (Lipinski definition) is 1. The highest BCUT2D eigenvalue weighted by atomic mass is 16.7. The van der Waals surface area contributed by atoms with Crippen LogP contribution in [-0.4, -0.2) is 40.5 Å². The van der Waals surface area contributed by atoms with Crippen LogP contribution in [0.2, 0.25) is 0 Å². The summed E-state index contributed by atoms with van der Waals surface area (Å²) in [5.41, 5.74) is 5.66. The summed E-state index contributed by atoms with van der Waals surface area (Å²) >= 11 is 0. The van der Waals surface area contributed by atoms with Crippen LogP contribution in [0.4, 0.5) is 5.69 Å². The number of fused-ring (bicyclic) bond motifs is 1. The molecule has 0 radical (unpaired) electrons. The van der Waals surface area contributed by atoms with E-state index < -0.39 is 5.41 Å². The molecule has 1 aromatic heterocycles. The van der Waals surface area contributed by atoms with Gasteiger partial charge in [0.25, 0.3) is 5.91 Å². The average molecular weight is 521 g/mol. The van der Waals surface area contributed by atoms with Crippen molar-refractivity contribution in [3.8, 4) is 22.6 Å². The van der Waals surface area contributed by atoms with Crippen LogP contribution in [-0.2, 0) is 16.8 Å². The molecule has 0 saturated heterocycles. The lowest BCUT2D eigenvalue weighted by Crippen LogP contribution is -2.27. The highest BCUT2D eigenvalue weighted by molar-refractivity contribution is 6.02. The molecule has 39 heavy (non-hydrogen) atoms. The summed E-state index contributed by atoms with van der Waals surface area (Å²) in [7, 11) is 1.75. The molecule has 0 atom stereocenters. The van der Waals surface area contributed by atoms with Gasteiger partial charge >= 0.3 is 0 Å². The minimum absolute atomic E-state index is 0.0117. The summed E-state index contributed by atoms with van der Waals surface area (Å²) in [4.78, 5) is 35.7. The van der Waals surface area contributed by atoms with Gasteiger partial charge in [-0.2, -0.15) is 0 Å². The van der Waals surface area contributed by atoms with Crippen LogP contribution in [0, 0.1) is 6.92 Å². The number of nitrogens with zero attached hydrogens (tertiary/aromatic N) is 3. The van der Waals surface area contributed by atoms with Gasteiger partial charge in [0, 0.05) is 31.7 Å². The molecule has 1 fully saturated rings. The smallest absolute Gasteiger partial charge is 0.274 e. The predicted octanol–water partition coefficient (Wildman–Crippen LogP) is 5.12. The summed E-state index contributed by atoms with van der Waals surface area (Å²) in [6.07, 6.45) is 6.12. The molecular weight excluding hydrogens is 492 g/mol. The molecule has 3 aromatic carbocycles. The molecule has 196 valence electrons. The minimum atomic E-state index is -0.539. The van der Waals surface area contributed by atoms with Crippen molar-refractivity contribution >= 4 is 17.5 Å². The Bertz CT molecular complexity index is 1550. The van der Waals surface area contributed by atoms with E-state index in [0.717, 1.165) is 46.3 Å². The molecule has 8 nitrogen and oxygen atoms in total. The number of carbonyl (C=O) groups excluding carboxylic acids is 2. The number of rotatable bonds is 7. The Labute approximate surface area is 226 Å². The van der Waals surface area contributed by atoms with E-state index in [2.05, 4.69) is 22.2 Å². The maximum atomic E-state index is 13.4. The zero-order chi connectivity index (χ0) is 27.0. The summed E-state index contributed by atoms with van der Waals surface area (Å²) in [6.45, 7) is 2.71. The molecule has 0 unspecified atom stereocenters. The first kappa shape index (κ1) is 24.6. The molecule has 0 spiro atoms. The van der Waals surface area contributed by atoms with Gasteiger partial charge in [0.15, 0.2) is 11.5 Å². The van der Waals surface area contributed by atoms with Gasteiger partial charge in [-0.3, -0.25) is 14.6 Å². The second-order valence-electron chi connectivity index (χ2n) is 10.1. The third-order valence-corrected chi connectivity index (χ3v) is 7.42. The Balaban J connectivity index is 1.16. The van der Waals surface area contributed by atoms with E-state index in [4.69, 9.17) is 9.47 Å². The Morgan fingerprint density at radius 2 is 1.77 bits per heavy atom. The van der Waals surface area contributed by atoms with Crippen LogP contribution in [0.25, 0.3) is 11.1 Å². The fraction of sp³-hybridized carbons (Fsp3) is 0.226. The topological polar surface area (TPSA) is 93.7 Å². The van der Waals surface area contributed by atoms with Crippen LogP contribution in [0.3, 0.4) is 0 Å². The maximum Gasteiger partial charge on any atom is 0.274 e. The zero-order valence-corrected chi connectivity index (χ0v) is 21.8. The highest BCUT2D eigenvalue weighted by Crippen LogP contribution is 2.51.